The number of nitro groups is 2. The van der Waals surface area contributed by atoms with Crippen molar-refractivity contribution in [3.8, 4) is 0 Å². The number of carbonyl (C=O) groups is 4. The molecule has 2 heterocycles. The standard InChI is InChI=1S/C32H28N6O8/c1-17(15-35-29(39)23-7-3-5-19-11-21(37(43)44)13-25(27(19)23)31(35)41)33-9-10-34-18(2)16-36-30(40)24-8-4-6-20-12-22(38(45)46)14-26(28(20)24)32(36)42/h3-8,11-14,17-18,33-34H,9-10,15-16H2,1-2H3/t17-,18+. The van der Waals surface area contributed by atoms with Gasteiger partial charge in [0.1, 0.15) is 0 Å². The summed E-state index contributed by atoms with van der Waals surface area (Å²) in [7, 11) is 0. The summed E-state index contributed by atoms with van der Waals surface area (Å²) in [5.41, 5.74) is 0.364. The van der Waals surface area contributed by atoms with Gasteiger partial charge in [-0.05, 0) is 36.8 Å². The van der Waals surface area contributed by atoms with Crippen molar-refractivity contribution in [1.29, 1.82) is 0 Å². The van der Waals surface area contributed by atoms with Gasteiger partial charge in [-0.25, -0.2) is 0 Å². The summed E-state index contributed by atoms with van der Waals surface area (Å²) >= 11 is 0. The highest BCUT2D eigenvalue weighted by Gasteiger charge is 2.36. The van der Waals surface area contributed by atoms with Crippen LogP contribution in [0.1, 0.15) is 55.3 Å². The fraction of sp³-hybridized carbons (Fsp3) is 0.250. The normalized spacial score (nSPS) is 15.5. The molecule has 0 spiro atoms. The monoisotopic (exact) mass is 624 g/mol. The van der Waals surface area contributed by atoms with Crippen molar-refractivity contribution < 1.29 is 29.0 Å². The summed E-state index contributed by atoms with van der Waals surface area (Å²) in [5, 5.41) is 31.1. The smallest absolute Gasteiger partial charge is 0.270 e. The molecule has 2 N–H and O–H groups in total. The van der Waals surface area contributed by atoms with E-state index in [1.165, 1.54) is 24.3 Å². The largest absolute Gasteiger partial charge is 0.311 e. The first-order valence-electron chi connectivity index (χ1n) is 14.6. The van der Waals surface area contributed by atoms with E-state index in [9.17, 15) is 39.4 Å². The maximum Gasteiger partial charge on any atom is 0.270 e. The zero-order valence-corrected chi connectivity index (χ0v) is 24.8. The third-order valence-electron chi connectivity index (χ3n) is 8.27. The highest BCUT2D eigenvalue weighted by atomic mass is 16.6. The Labute approximate surface area is 261 Å². The number of rotatable bonds is 11. The Bertz CT molecular complexity index is 1870. The number of nitrogens with one attached hydrogen (secondary N) is 2. The first kappa shape index (κ1) is 30.4. The number of nitrogens with zero attached hydrogens (tertiary/aromatic N) is 4. The summed E-state index contributed by atoms with van der Waals surface area (Å²) in [5.74, 6) is -2.15. The zero-order valence-electron chi connectivity index (χ0n) is 24.8. The highest BCUT2D eigenvalue weighted by molar-refractivity contribution is 6.26. The molecule has 4 aromatic rings. The highest BCUT2D eigenvalue weighted by Crippen LogP contribution is 2.35. The topological polar surface area (TPSA) is 185 Å². The number of benzene rings is 4. The molecule has 6 rings (SSSR count). The molecule has 2 atom stereocenters. The average Bonchev–Trinajstić information content (AvgIpc) is 3.03. The van der Waals surface area contributed by atoms with Crippen molar-refractivity contribution in [2.45, 2.75) is 25.9 Å². The fourth-order valence-corrected chi connectivity index (χ4v) is 6.14. The molecule has 0 saturated heterocycles. The Hall–Kier alpha value is -5.60. The molecule has 0 bridgehead atoms. The van der Waals surface area contributed by atoms with Gasteiger partial charge in [0.25, 0.3) is 35.0 Å². The summed E-state index contributed by atoms with van der Waals surface area (Å²) < 4.78 is 0. The molecule has 46 heavy (non-hydrogen) atoms. The second-order valence-electron chi connectivity index (χ2n) is 11.5. The quantitative estimate of drug-likeness (QED) is 0.108. The molecule has 0 fully saturated rings. The van der Waals surface area contributed by atoms with E-state index in [0.717, 1.165) is 9.80 Å². The molecular formula is C32H28N6O8. The van der Waals surface area contributed by atoms with E-state index in [0.29, 0.717) is 45.8 Å². The molecule has 14 nitrogen and oxygen atoms in total. The molecule has 0 unspecified atom stereocenters. The van der Waals surface area contributed by atoms with Gasteiger partial charge in [-0.15, -0.1) is 0 Å². The number of hydrogen-bond donors (Lipinski definition) is 2. The Morgan fingerprint density at radius 1 is 0.609 bits per heavy atom. The Kier molecular flexibility index (Phi) is 7.75. The van der Waals surface area contributed by atoms with Gasteiger partial charge in [-0.1, -0.05) is 24.3 Å². The number of carbonyl (C=O) groups excluding carboxylic acids is 4. The van der Waals surface area contributed by atoms with Gasteiger partial charge in [0.05, 0.1) is 21.0 Å². The van der Waals surface area contributed by atoms with Gasteiger partial charge < -0.3 is 10.6 Å². The molecule has 0 radical (unpaired) electrons. The molecule has 4 amide bonds. The van der Waals surface area contributed by atoms with Crippen LogP contribution in [0.15, 0.2) is 60.7 Å². The molecule has 2 aliphatic rings. The predicted octanol–water partition coefficient (Wildman–Crippen LogP) is 3.66. The minimum absolute atomic E-state index is 0.0274. The number of amides is 4. The van der Waals surface area contributed by atoms with E-state index < -0.39 is 33.5 Å². The van der Waals surface area contributed by atoms with Crippen LogP contribution in [0.5, 0.6) is 0 Å². The van der Waals surface area contributed by atoms with E-state index in [4.69, 9.17) is 0 Å². The van der Waals surface area contributed by atoms with Crippen molar-refractivity contribution in [3.05, 3.63) is 103 Å². The lowest BCUT2D eigenvalue weighted by atomic mass is 9.93. The predicted molar refractivity (Wildman–Crippen MR) is 167 cm³/mol. The van der Waals surface area contributed by atoms with Crippen LogP contribution in [0, 0.1) is 20.2 Å². The van der Waals surface area contributed by atoms with Crippen LogP contribution in [0.25, 0.3) is 21.5 Å². The van der Waals surface area contributed by atoms with Crippen LogP contribution in [-0.2, 0) is 0 Å². The number of nitro benzene ring substituents is 2. The van der Waals surface area contributed by atoms with E-state index in [1.807, 2.05) is 0 Å². The molecule has 4 aromatic carbocycles. The van der Waals surface area contributed by atoms with Crippen molar-refractivity contribution in [2.75, 3.05) is 26.2 Å². The molecule has 0 aliphatic carbocycles. The maximum absolute atomic E-state index is 13.3. The number of non-ortho nitro benzene ring substituents is 2. The lowest BCUT2D eigenvalue weighted by molar-refractivity contribution is -0.384. The van der Waals surface area contributed by atoms with Gasteiger partial charge in [-0.2, -0.15) is 0 Å². The van der Waals surface area contributed by atoms with E-state index in [-0.39, 0.29) is 47.7 Å². The van der Waals surface area contributed by atoms with Gasteiger partial charge in [0.15, 0.2) is 0 Å². The Morgan fingerprint density at radius 3 is 1.35 bits per heavy atom. The third kappa shape index (κ3) is 5.22. The van der Waals surface area contributed by atoms with Crippen molar-refractivity contribution in [2.24, 2.45) is 0 Å². The van der Waals surface area contributed by atoms with E-state index >= 15 is 0 Å². The third-order valence-corrected chi connectivity index (χ3v) is 8.27. The van der Waals surface area contributed by atoms with Crippen LogP contribution in [0.3, 0.4) is 0 Å². The van der Waals surface area contributed by atoms with Gasteiger partial charge >= 0.3 is 0 Å². The Balaban J connectivity index is 1.06. The second kappa shape index (κ2) is 11.7. The van der Waals surface area contributed by atoms with Crippen LogP contribution in [0.2, 0.25) is 0 Å². The van der Waals surface area contributed by atoms with Crippen molar-refractivity contribution >= 4 is 56.5 Å². The van der Waals surface area contributed by atoms with Crippen LogP contribution >= 0.6 is 0 Å². The molecule has 0 aromatic heterocycles. The van der Waals surface area contributed by atoms with Gasteiger partial charge in [0.2, 0.25) is 0 Å². The Morgan fingerprint density at radius 2 is 0.978 bits per heavy atom. The molecule has 234 valence electrons. The number of hydrogen-bond acceptors (Lipinski definition) is 10. The zero-order chi connectivity index (χ0) is 32.9. The van der Waals surface area contributed by atoms with Crippen molar-refractivity contribution in [1.82, 2.24) is 20.4 Å². The first-order valence-corrected chi connectivity index (χ1v) is 14.6. The van der Waals surface area contributed by atoms with Crippen LogP contribution in [-0.4, -0.2) is 81.5 Å². The second-order valence-corrected chi connectivity index (χ2v) is 11.5. The van der Waals surface area contributed by atoms with Crippen molar-refractivity contribution in [3.63, 3.8) is 0 Å². The molecule has 2 aliphatic heterocycles. The van der Waals surface area contributed by atoms with E-state index in [1.54, 1.807) is 50.2 Å². The minimum Gasteiger partial charge on any atom is -0.311 e. The lowest BCUT2D eigenvalue weighted by Gasteiger charge is -2.30. The molecule has 14 heteroatoms. The summed E-state index contributed by atoms with van der Waals surface area (Å²) in [6.07, 6.45) is 0. The fourth-order valence-electron chi connectivity index (χ4n) is 6.14. The molecular weight excluding hydrogens is 596 g/mol. The van der Waals surface area contributed by atoms with Gasteiger partial charge in [0, 0.05) is 84.4 Å². The summed E-state index contributed by atoms with van der Waals surface area (Å²) in [6, 6.07) is 14.1. The lowest BCUT2D eigenvalue weighted by Crippen LogP contribution is -2.50. The maximum atomic E-state index is 13.3. The summed E-state index contributed by atoms with van der Waals surface area (Å²) in [4.78, 5) is 77.1. The summed E-state index contributed by atoms with van der Waals surface area (Å²) in [6.45, 7) is 4.48. The van der Waals surface area contributed by atoms with Crippen LogP contribution < -0.4 is 10.6 Å². The minimum atomic E-state index is -0.601. The first-order chi connectivity index (χ1) is 22.0. The van der Waals surface area contributed by atoms with Gasteiger partial charge in [-0.3, -0.25) is 49.2 Å². The average molecular weight is 625 g/mol. The van der Waals surface area contributed by atoms with Crippen LogP contribution in [0.4, 0.5) is 11.4 Å². The van der Waals surface area contributed by atoms with E-state index in [2.05, 4.69) is 10.6 Å². The molecule has 0 saturated carbocycles. The SMILES string of the molecule is C[C@H](CN1C(=O)c2cccc3cc([N+](=O)[O-])cc(c23)C1=O)NCCN[C@@H](C)CN1C(=O)c2cccc3cc([N+](=O)[O-])cc(c23)C1=O. The number of imide groups is 2.